The average molecular weight is 342 g/mol. The van der Waals surface area contributed by atoms with Gasteiger partial charge in [-0.05, 0) is 24.1 Å². The molecule has 1 fully saturated rings. The fourth-order valence-corrected chi connectivity index (χ4v) is 2.70. The van der Waals surface area contributed by atoms with Crippen LogP contribution >= 0.6 is 15.9 Å². The van der Waals surface area contributed by atoms with Gasteiger partial charge in [-0.3, -0.25) is 4.79 Å². The zero-order valence-corrected chi connectivity index (χ0v) is 13.0. The highest BCUT2D eigenvalue weighted by Gasteiger charge is 2.32. The number of hydrogen-bond acceptors (Lipinski definition) is 4. The average Bonchev–Trinajstić information content (AvgIpc) is 2.86. The third-order valence-electron chi connectivity index (χ3n) is 3.32. The molecule has 0 radical (unpaired) electrons. The molecule has 1 amide bonds. The van der Waals surface area contributed by atoms with Crippen LogP contribution in [0.2, 0.25) is 0 Å². The summed E-state index contributed by atoms with van der Waals surface area (Å²) in [7, 11) is 2.84. The number of carbonyl (C=O) groups excluding carboxylic acids is 2. The predicted octanol–water partition coefficient (Wildman–Crippen LogP) is 2.23. The molecule has 108 valence electrons. The molecule has 2 rings (SSSR count). The Morgan fingerprint density at radius 1 is 1.45 bits per heavy atom. The van der Waals surface area contributed by atoms with Crippen LogP contribution in [0.1, 0.15) is 16.8 Å². The van der Waals surface area contributed by atoms with Crippen molar-refractivity contribution in [3.63, 3.8) is 0 Å². The van der Waals surface area contributed by atoms with Crippen LogP contribution in [0.4, 0.5) is 5.69 Å². The van der Waals surface area contributed by atoms with Gasteiger partial charge in [-0.1, -0.05) is 15.9 Å². The van der Waals surface area contributed by atoms with Crippen molar-refractivity contribution >= 4 is 33.5 Å². The second-order valence-electron chi connectivity index (χ2n) is 4.60. The van der Waals surface area contributed by atoms with Crippen molar-refractivity contribution in [1.82, 2.24) is 0 Å². The Hall–Kier alpha value is -1.56. The first-order valence-electron chi connectivity index (χ1n) is 6.23. The Morgan fingerprint density at radius 3 is 2.75 bits per heavy atom. The lowest BCUT2D eigenvalue weighted by atomic mass is 10.1. The lowest BCUT2D eigenvalue weighted by Gasteiger charge is -2.20. The molecule has 5 nitrogen and oxygen atoms in total. The third-order valence-corrected chi connectivity index (χ3v) is 4.24. The van der Waals surface area contributed by atoms with Gasteiger partial charge in [0.05, 0.1) is 25.5 Å². The van der Waals surface area contributed by atoms with Crippen molar-refractivity contribution in [1.29, 1.82) is 0 Å². The number of methoxy groups -OCH3 is 2. The van der Waals surface area contributed by atoms with E-state index in [0.717, 1.165) is 5.33 Å². The molecule has 1 aliphatic heterocycles. The summed E-state index contributed by atoms with van der Waals surface area (Å²) in [6, 6.07) is 5.05. The second-order valence-corrected chi connectivity index (χ2v) is 5.25. The van der Waals surface area contributed by atoms with E-state index in [0.29, 0.717) is 30.0 Å². The van der Waals surface area contributed by atoms with E-state index in [2.05, 4.69) is 15.9 Å². The Labute approximate surface area is 126 Å². The van der Waals surface area contributed by atoms with Crippen molar-refractivity contribution in [2.75, 3.05) is 31.0 Å². The molecule has 0 bridgehead atoms. The number of halogens is 1. The van der Waals surface area contributed by atoms with Crippen LogP contribution in [-0.2, 0) is 9.53 Å². The van der Waals surface area contributed by atoms with Crippen LogP contribution in [0.3, 0.4) is 0 Å². The minimum absolute atomic E-state index is 0.0183. The number of ether oxygens (including phenoxy) is 2. The van der Waals surface area contributed by atoms with Crippen LogP contribution in [0, 0.1) is 5.92 Å². The van der Waals surface area contributed by atoms with Crippen molar-refractivity contribution in [3.05, 3.63) is 23.8 Å². The molecule has 1 aliphatic rings. The van der Waals surface area contributed by atoms with Gasteiger partial charge in [0.2, 0.25) is 5.91 Å². The van der Waals surface area contributed by atoms with Gasteiger partial charge < -0.3 is 14.4 Å². The minimum Gasteiger partial charge on any atom is -0.497 e. The number of anilines is 1. The summed E-state index contributed by atoms with van der Waals surface area (Å²) >= 11 is 3.40. The SMILES string of the molecule is COC(=O)c1cc(OC)ccc1N1CC(CBr)CC1=O. The molecule has 0 spiro atoms. The fourth-order valence-electron chi connectivity index (χ4n) is 2.27. The van der Waals surface area contributed by atoms with Gasteiger partial charge in [0.25, 0.3) is 0 Å². The van der Waals surface area contributed by atoms with Gasteiger partial charge in [-0.25, -0.2) is 4.79 Å². The van der Waals surface area contributed by atoms with E-state index in [1.165, 1.54) is 14.2 Å². The first-order valence-corrected chi connectivity index (χ1v) is 7.35. The van der Waals surface area contributed by atoms with E-state index in [4.69, 9.17) is 9.47 Å². The summed E-state index contributed by atoms with van der Waals surface area (Å²) in [5.74, 6) is 0.353. The topological polar surface area (TPSA) is 55.8 Å². The van der Waals surface area contributed by atoms with Gasteiger partial charge in [0.1, 0.15) is 5.75 Å². The van der Waals surface area contributed by atoms with Crippen molar-refractivity contribution in [3.8, 4) is 5.75 Å². The number of benzene rings is 1. The summed E-state index contributed by atoms with van der Waals surface area (Å²) in [6.45, 7) is 0.598. The Bertz CT molecular complexity index is 532. The summed E-state index contributed by atoms with van der Waals surface area (Å²) in [5, 5.41) is 0.763. The molecule has 20 heavy (non-hydrogen) atoms. The van der Waals surface area contributed by atoms with Crippen molar-refractivity contribution in [2.24, 2.45) is 5.92 Å². The van der Waals surface area contributed by atoms with E-state index >= 15 is 0 Å². The second kappa shape index (κ2) is 6.26. The van der Waals surface area contributed by atoms with Crippen LogP contribution in [0.15, 0.2) is 18.2 Å². The number of carbonyl (C=O) groups is 2. The summed E-state index contributed by atoms with van der Waals surface area (Å²) < 4.78 is 9.90. The smallest absolute Gasteiger partial charge is 0.340 e. The molecule has 1 aromatic carbocycles. The van der Waals surface area contributed by atoms with E-state index in [1.54, 1.807) is 23.1 Å². The van der Waals surface area contributed by atoms with E-state index in [9.17, 15) is 9.59 Å². The first kappa shape index (κ1) is 14.8. The highest BCUT2D eigenvalue weighted by atomic mass is 79.9. The van der Waals surface area contributed by atoms with Gasteiger partial charge in [-0.15, -0.1) is 0 Å². The van der Waals surface area contributed by atoms with Crippen LogP contribution in [0.5, 0.6) is 5.75 Å². The van der Waals surface area contributed by atoms with Gasteiger partial charge in [0, 0.05) is 18.3 Å². The molecule has 0 N–H and O–H groups in total. The molecule has 1 atom stereocenters. The molecule has 1 saturated heterocycles. The van der Waals surface area contributed by atoms with Crippen LogP contribution in [0.25, 0.3) is 0 Å². The number of hydrogen-bond donors (Lipinski definition) is 0. The van der Waals surface area contributed by atoms with Crippen molar-refractivity contribution in [2.45, 2.75) is 6.42 Å². The highest BCUT2D eigenvalue weighted by Crippen LogP contribution is 2.31. The standard InChI is InChI=1S/C14H16BrNO4/c1-19-10-3-4-12(11(6-10)14(18)20-2)16-8-9(7-15)5-13(16)17/h3-4,6,9H,5,7-8H2,1-2H3. The lowest BCUT2D eigenvalue weighted by molar-refractivity contribution is -0.117. The maximum absolute atomic E-state index is 12.1. The number of amides is 1. The maximum Gasteiger partial charge on any atom is 0.340 e. The van der Waals surface area contributed by atoms with Gasteiger partial charge in [0.15, 0.2) is 0 Å². The largest absolute Gasteiger partial charge is 0.497 e. The lowest BCUT2D eigenvalue weighted by Crippen LogP contribution is -2.27. The van der Waals surface area contributed by atoms with Crippen molar-refractivity contribution < 1.29 is 19.1 Å². The predicted molar refractivity (Wildman–Crippen MR) is 78.6 cm³/mol. The van der Waals surface area contributed by atoms with E-state index in [1.807, 2.05) is 0 Å². The number of alkyl halides is 1. The molecule has 1 heterocycles. The number of esters is 1. The normalized spacial score (nSPS) is 18.2. The van der Waals surface area contributed by atoms with Gasteiger partial charge in [-0.2, -0.15) is 0 Å². The minimum atomic E-state index is -0.478. The summed E-state index contributed by atoms with van der Waals surface area (Å²) in [4.78, 5) is 25.6. The molecule has 6 heteroatoms. The molecule has 0 aliphatic carbocycles. The Morgan fingerprint density at radius 2 is 2.20 bits per heavy atom. The Kier molecular flexibility index (Phi) is 4.65. The quantitative estimate of drug-likeness (QED) is 0.622. The zero-order valence-electron chi connectivity index (χ0n) is 11.4. The summed E-state index contributed by atoms with van der Waals surface area (Å²) in [6.07, 6.45) is 0.484. The molecule has 1 unspecified atom stereocenters. The molecular formula is C14H16BrNO4. The molecular weight excluding hydrogens is 326 g/mol. The van der Waals surface area contributed by atoms with Gasteiger partial charge >= 0.3 is 5.97 Å². The Balaban J connectivity index is 2.40. The number of nitrogens with zero attached hydrogens (tertiary/aromatic N) is 1. The van der Waals surface area contributed by atoms with E-state index < -0.39 is 5.97 Å². The maximum atomic E-state index is 12.1. The first-order chi connectivity index (χ1) is 9.60. The molecule has 1 aromatic rings. The molecule has 0 aromatic heterocycles. The fraction of sp³-hybridized carbons (Fsp3) is 0.429. The highest BCUT2D eigenvalue weighted by molar-refractivity contribution is 9.09. The third kappa shape index (κ3) is 2.80. The van der Waals surface area contributed by atoms with E-state index in [-0.39, 0.29) is 11.8 Å². The zero-order chi connectivity index (χ0) is 14.7. The monoisotopic (exact) mass is 341 g/mol. The summed E-state index contributed by atoms with van der Waals surface area (Å²) in [5.41, 5.74) is 0.918. The number of rotatable bonds is 4. The van der Waals surface area contributed by atoms with Crippen LogP contribution < -0.4 is 9.64 Å². The molecule has 0 saturated carbocycles. The van der Waals surface area contributed by atoms with Crippen LogP contribution in [-0.4, -0.2) is 38.0 Å².